The van der Waals surface area contributed by atoms with Crippen LogP contribution in [0.1, 0.15) is 18.6 Å². The van der Waals surface area contributed by atoms with Crippen molar-refractivity contribution < 1.29 is 23.4 Å². The third-order valence-electron chi connectivity index (χ3n) is 3.18. The Labute approximate surface area is 138 Å². The van der Waals surface area contributed by atoms with Crippen molar-refractivity contribution in [1.82, 2.24) is 5.32 Å². The molecule has 0 bridgehead atoms. The first-order chi connectivity index (χ1) is 11.5. The number of amides is 2. The van der Waals surface area contributed by atoms with E-state index in [9.17, 15) is 18.7 Å². The number of anilines is 1. The van der Waals surface area contributed by atoms with Crippen molar-refractivity contribution in [3.05, 3.63) is 59.7 Å². The molecule has 0 aliphatic rings. The molecule has 0 heterocycles. The fourth-order valence-corrected chi connectivity index (χ4v) is 2.08. The molecule has 2 aromatic carbocycles. The van der Waals surface area contributed by atoms with Gasteiger partial charge in [-0.15, -0.1) is 0 Å². The number of benzene rings is 2. The van der Waals surface area contributed by atoms with Crippen LogP contribution in [0.2, 0.25) is 0 Å². The van der Waals surface area contributed by atoms with Gasteiger partial charge in [0.05, 0.1) is 12.7 Å². The molecule has 24 heavy (non-hydrogen) atoms. The van der Waals surface area contributed by atoms with Crippen molar-refractivity contribution in [3.8, 4) is 5.75 Å². The number of aliphatic hydroxyl groups excluding tert-OH is 1. The van der Waals surface area contributed by atoms with E-state index in [1.165, 1.54) is 0 Å². The van der Waals surface area contributed by atoms with Crippen LogP contribution >= 0.6 is 0 Å². The van der Waals surface area contributed by atoms with Crippen LogP contribution < -0.4 is 15.4 Å². The molecular formula is C17H18F2N2O3. The van der Waals surface area contributed by atoms with Gasteiger partial charge in [0.1, 0.15) is 17.4 Å². The van der Waals surface area contributed by atoms with E-state index in [0.717, 1.165) is 12.1 Å². The van der Waals surface area contributed by atoms with E-state index in [4.69, 9.17) is 4.74 Å². The van der Waals surface area contributed by atoms with E-state index >= 15 is 0 Å². The highest BCUT2D eigenvalue weighted by Gasteiger charge is 2.14. The van der Waals surface area contributed by atoms with Gasteiger partial charge >= 0.3 is 6.03 Å². The Balaban J connectivity index is 1.89. The summed E-state index contributed by atoms with van der Waals surface area (Å²) in [6, 6.07) is 9.11. The van der Waals surface area contributed by atoms with Gasteiger partial charge in [0.25, 0.3) is 0 Å². The zero-order chi connectivity index (χ0) is 17.5. The standard InChI is InChI=1S/C17H18F2N2O3/c1-2-24-13-5-3-4-12(9-13)21-17(23)20-10-16(22)14-7-6-11(18)8-15(14)19/h3-9,16,22H,2,10H2,1H3,(H2,20,21,23). The number of urea groups is 1. The molecule has 3 N–H and O–H groups in total. The molecular weight excluding hydrogens is 318 g/mol. The van der Waals surface area contributed by atoms with Gasteiger partial charge in [0.2, 0.25) is 0 Å². The predicted octanol–water partition coefficient (Wildman–Crippen LogP) is 3.22. The summed E-state index contributed by atoms with van der Waals surface area (Å²) < 4.78 is 31.7. The summed E-state index contributed by atoms with van der Waals surface area (Å²) in [6.45, 7) is 2.13. The Hall–Kier alpha value is -2.67. The van der Waals surface area contributed by atoms with Crippen molar-refractivity contribution in [2.75, 3.05) is 18.5 Å². The summed E-state index contributed by atoms with van der Waals surface area (Å²) in [4.78, 5) is 11.8. The van der Waals surface area contributed by atoms with E-state index in [1.807, 2.05) is 6.92 Å². The molecule has 0 aromatic heterocycles. The average Bonchev–Trinajstić information content (AvgIpc) is 2.53. The van der Waals surface area contributed by atoms with Crippen molar-refractivity contribution in [1.29, 1.82) is 0 Å². The summed E-state index contributed by atoms with van der Waals surface area (Å²) in [5, 5.41) is 14.9. The van der Waals surface area contributed by atoms with Crippen molar-refractivity contribution >= 4 is 11.7 Å². The number of halogens is 2. The van der Waals surface area contributed by atoms with Crippen LogP contribution in [0.15, 0.2) is 42.5 Å². The average molecular weight is 336 g/mol. The van der Waals surface area contributed by atoms with Crippen LogP contribution in [-0.2, 0) is 0 Å². The molecule has 2 amide bonds. The normalized spacial score (nSPS) is 11.7. The minimum Gasteiger partial charge on any atom is -0.494 e. The number of rotatable bonds is 6. The molecule has 1 unspecified atom stereocenters. The SMILES string of the molecule is CCOc1cccc(NC(=O)NCC(O)c2ccc(F)cc2F)c1. The van der Waals surface area contributed by atoms with Crippen LogP contribution in [0.25, 0.3) is 0 Å². The lowest BCUT2D eigenvalue weighted by Crippen LogP contribution is -2.32. The lowest BCUT2D eigenvalue weighted by atomic mass is 10.1. The Morgan fingerprint density at radius 1 is 1.25 bits per heavy atom. The summed E-state index contributed by atoms with van der Waals surface area (Å²) in [6.07, 6.45) is -1.29. The molecule has 2 aromatic rings. The van der Waals surface area contributed by atoms with Crippen molar-refractivity contribution in [2.45, 2.75) is 13.0 Å². The quantitative estimate of drug-likeness (QED) is 0.758. The molecule has 0 saturated heterocycles. The van der Waals surface area contributed by atoms with Gasteiger partial charge in [-0.25, -0.2) is 13.6 Å². The Kier molecular flexibility index (Phi) is 6.08. The Morgan fingerprint density at radius 3 is 2.75 bits per heavy atom. The maximum Gasteiger partial charge on any atom is 0.319 e. The lowest BCUT2D eigenvalue weighted by molar-refractivity contribution is 0.170. The second kappa shape index (κ2) is 8.26. The van der Waals surface area contributed by atoms with Gasteiger partial charge in [0, 0.05) is 29.9 Å². The van der Waals surface area contributed by atoms with Crippen molar-refractivity contribution in [2.24, 2.45) is 0 Å². The number of aliphatic hydroxyl groups is 1. The fourth-order valence-electron chi connectivity index (χ4n) is 2.08. The van der Waals surface area contributed by atoms with Crippen LogP contribution in [0.5, 0.6) is 5.75 Å². The summed E-state index contributed by atoms with van der Waals surface area (Å²) in [7, 11) is 0. The van der Waals surface area contributed by atoms with E-state index in [0.29, 0.717) is 24.1 Å². The van der Waals surface area contributed by atoms with E-state index in [2.05, 4.69) is 10.6 Å². The van der Waals surface area contributed by atoms with Gasteiger partial charge in [-0.3, -0.25) is 0 Å². The Morgan fingerprint density at radius 2 is 2.04 bits per heavy atom. The van der Waals surface area contributed by atoms with Gasteiger partial charge in [0.15, 0.2) is 0 Å². The molecule has 2 rings (SSSR count). The molecule has 0 aliphatic heterocycles. The van der Waals surface area contributed by atoms with E-state index in [-0.39, 0.29) is 12.1 Å². The molecule has 5 nitrogen and oxygen atoms in total. The first-order valence-electron chi connectivity index (χ1n) is 7.40. The number of hydrogen-bond donors (Lipinski definition) is 3. The van der Waals surface area contributed by atoms with E-state index < -0.39 is 23.8 Å². The predicted molar refractivity (Wildman–Crippen MR) is 86.0 cm³/mol. The van der Waals surface area contributed by atoms with Crippen LogP contribution in [0.4, 0.5) is 19.3 Å². The third kappa shape index (κ3) is 4.92. The highest BCUT2D eigenvalue weighted by molar-refractivity contribution is 5.89. The Bertz CT molecular complexity index is 710. The topological polar surface area (TPSA) is 70.6 Å². The number of ether oxygens (including phenoxy) is 1. The molecule has 7 heteroatoms. The lowest BCUT2D eigenvalue weighted by Gasteiger charge is -2.14. The molecule has 0 spiro atoms. The molecule has 0 radical (unpaired) electrons. The molecule has 0 fully saturated rings. The first kappa shape index (κ1) is 17.7. The minimum atomic E-state index is -1.29. The zero-order valence-electron chi connectivity index (χ0n) is 13.1. The van der Waals surface area contributed by atoms with Crippen LogP contribution in [0, 0.1) is 11.6 Å². The number of carbonyl (C=O) groups is 1. The number of nitrogens with one attached hydrogen (secondary N) is 2. The highest BCUT2D eigenvalue weighted by atomic mass is 19.1. The van der Waals surface area contributed by atoms with Gasteiger partial charge in [-0.05, 0) is 25.1 Å². The fraction of sp³-hybridized carbons (Fsp3) is 0.235. The van der Waals surface area contributed by atoms with Gasteiger partial charge in [-0.2, -0.15) is 0 Å². The number of hydrogen-bond acceptors (Lipinski definition) is 3. The summed E-state index contributed by atoms with van der Waals surface area (Å²) in [5.41, 5.74) is 0.427. The smallest absolute Gasteiger partial charge is 0.319 e. The second-order valence-corrected chi connectivity index (χ2v) is 4.98. The van der Waals surface area contributed by atoms with Crippen LogP contribution in [0.3, 0.4) is 0 Å². The van der Waals surface area contributed by atoms with Crippen LogP contribution in [-0.4, -0.2) is 24.3 Å². The third-order valence-corrected chi connectivity index (χ3v) is 3.18. The summed E-state index contributed by atoms with van der Waals surface area (Å²) >= 11 is 0. The number of carbonyl (C=O) groups excluding carboxylic acids is 1. The van der Waals surface area contributed by atoms with Crippen molar-refractivity contribution in [3.63, 3.8) is 0 Å². The zero-order valence-corrected chi connectivity index (χ0v) is 13.1. The van der Waals surface area contributed by atoms with Gasteiger partial charge < -0.3 is 20.5 Å². The minimum absolute atomic E-state index is 0.0879. The molecule has 0 saturated carbocycles. The largest absolute Gasteiger partial charge is 0.494 e. The maximum atomic E-state index is 13.5. The first-order valence-corrected chi connectivity index (χ1v) is 7.40. The molecule has 128 valence electrons. The highest BCUT2D eigenvalue weighted by Crippen LogP contribution is 2.18. The molecule has 0 aliphatic carbocycles. The maximum absolute atomic E-state index is 13.5. The van der Waals surface area contributed by atoms with Gasteiger partial charge in [-0.1, -0.05) is 12.1 Å². The van der Waals surface area contributed by atoms with E-state index in [1.54, 1.807) is 24.3 Å². The second-order valence-electron chi connectivity index (χ2n) is 4.98. The summed E-state index contributed by atoms with van der Waals surface area (Å²) in [5.74, 6) is -0.985. The monoisotopic (exact) mass is 336 g/mol. The molecule has 1 atom stereocenters.